The summed E-state index contributed by atoms with van der Waals surface area (Å²) in [6.45, 7) is 2.14. The summed E-state index contributed by atoms with van der Waals surface area (Å²) in [6.07, 6.45) is 3.24. The SMILES string of the molecule is CCCCc1ccc(NS(=O)(=O)c2ccc3c(c2)sc(=O)n3C)cc1. The second kappa shape index (κ2) is 7.01. The number of fused-ring (bicyclic) bond motifs is 1. The summed E-state index contributed by atoms with van der Waals surface area (Å²) < 4.78 is 30.0. The number of anilines is 1. The number of aromatic nitrogens is 1. The predicted octanol–water partition coefficient (Wildman–Crippen LogP) is 3.74. The van der Waals surface area contributed by atoms with Gasteiger partial charge >= 0.3 is 4.87 Å². The second-order valence-electron chi connectivity index (χ2n) is 5.96. The van der Waals surface area contributed by atoms with E-state index in [1.165, 1.54) is 16.2 Å². The molecule has 25 heavy (non-hydrogen) atoms. The van der Waals surface area contributed by atoms with Crippen molar-refractivity contribution < 1.29 is 8.42 Å². The van der Waals surface area contributed by atoms with Gasteiger partial charge in [-0.2, -0.15) is 0 Å². The normalized spacial score (nSPS) is 11.8. The Balaban J connectivity index is 1.85. The topological polar surface area (TPSA) is 68.2 Å². The Bertz CT molecular complexity index is 1050. The molecule has 0 aliphatic carbocycles. The van der Waals surface area contributed by atoms with Crippen molar-refractivity contribution in [1.82, 2.24) is 4.57 Å². The molecular formula is C18H20N2O3S2. The van der Waals surface area contributed by atoms with Gasteiger partial charge in [-0.1, -0.05) is 36.8 Å². The van der Waals surface area contributed by atoms with Gasteiger partial charge in [-0.25, -0.2) is 8.42 Å². The molecule has 0 saturated heterocycles. The van der Waals surface area contributed by atoms with Gasteiger partial charge in [0.25, 0.3) is 10.0 Å². The molecular weight excluding hydrogens is 356 g/mol. The van der Waals surface area contributed by atoms with Crippen LogP contribution in [-0.2, 0) is 23.5 Å². The molecule has 0 amide bonds. The zero-order chi connectivity index (χ0) is 18.0. The Morgan fingerprint density at radius 2 is 1.84 bits per heavy atom. The zero-order valence-corrected chi connectivity index (χ0v) is 15.8. The Hall–Kier alpha value is -2.12. The summed E-state index contributed by atoms with van der Waals surface area (Å²) in [4.78, 5) is 11.8. The van der Waals surface area contributed by atoms with Gasteiger partial charge in [-0.15, -0.1) is 0 Å². The zero-order valence-electron chi connectivity index (χ0n) is 14.2. The number of thiazole rings is 1. The molecule has 0 saturated carbocycles. The maximum Gasteiger partial charge on any atom is 0.307 e. The molecule has 0 aliphatic rings. The van der Waals surface area contributed by atoms with Gasteiger partial charge in [0.1, 0.15) is 0 Å². The van der Waals surface area contributed by atoms with Gasteiger partial charge in [0, 0.05) is 12.7 Å². The first kappa shape index (κ1) is 17.7. The maximum atomic E-state index is 12.6. The standard InChI is InChI=1S/C18H20N2O3S2/c1-3-4-5-13-6-8-14(9-7-13)19-25(22,23)15-10-11-16-17(12-15)24-18(21)20(16)2/h6-12,19H,3-5H2,1-2H3. The van der Waals surface area contributed by atoms with Crippen molar-refractivity contribution in [1.29, 1.82) is 0 Å². The quantitative estimate of drug-likeness (QED) is 0.712. The number of nitrogens with zero attached hydrogens (tertiary/aromatic N) is 1. The number of hydrogen-bond acceptors (Lipinski definition) is 4. The molecule has 1 N–H and O–H groups in total. The third kappa shape index (κ3) is 3.77. The predicted molar refractivity (Wildman–Crippen MR) is 103 cm³/mol. The average molecular weight is 377 g/mol. The molecule has 3 aromatic rings. The van der Waals surface area contributed by atoms with Gasteiger partial charge in [0.2, 0.25) is 0 Å². The van der Waals surface area contributed by atoms with Crippen LogP contribution in [0.25, 0.3) is 10.2 Å². The van der Waals surface area contributed by atoms with Crippen LogP contribution in [0.4, 0.5) is 5.69 Å². The minimum Gasteiger partial charge on any atom is -0.302 e. The van der Waals surface area contributed by atoms with Crippen molar-refractivity contribution in [2.45, 2.75) is 31.1 Å². The van der Waals surface area contributed by atoms with E-state index in [-0.39, 0.29) is 9.77 Å². The lowest BCUT2D eigenvalue weighted by molar-refractivity contribution is 0.601. The van der Waals surface area contributed by atoms with E-state index < -0.39 is 10.0 Å². The van der Waals surface area contributed by atoms with Crippen molar-refractivity contribution in [3.63, 3.8) is 0 Å². The lowest BCUT2D eigenvalue weighted by atomic mass is 10.1. The molecule has 2 aromatic carbocycles. The molecule has 3 rings (SSSR count). The molecule has 1 heterocycles. The summed E-state index contributed by atoms with van der Waals surface area (Å²) >= 11 is 1.04. The molecule has 0 fully saturated rings. The van der Waals surface area contributed by atoms with Crippen molar-refractivity contribution in [2.24, 2.45) is 7.05 Å². The van der Waals surface area contributed by atoms with Gasteiger partial charge in [0.15, 0.2) is 0 Å². The Labute approximate surface area is 151 Å². The van der Waals surface area contributed by atoms with E-state index in [1.54, 1.807) is 31.3 Å². The van der Waals surface area contributed by atoms with E-state index in [9.17, 15) is 13.2 Å². The lowest BCUT2D eigenvalue weighted by Crippen LogP contribution is -2.13. The number of aryl methyl sites for hydroxylation is 2. The Kier molecular flexibility index (Phi) is 4.96. The van der Waals surface area contributed by atoms with Crippen LogP contribution in [0.15, 0.2) is 52.2 Å². The van der Waals surface area contributed by atoms with Crippen LogP contribution in [0.3, 0.4) is 0 Å². The van der Waals surface area contributed by atoms with Crippen LogP contribution in [0.5, 0.6) is 0 Å². The third-order valence-electron chi connectivity index (χ3n) is 4.10. The number of sulfonamides is 1. The molecule has 7 heteroatoms. The summed E-state index contributed by atoms with van der Waals surface area (Å²) in [7, 11) is -2.02. The fraction of sp³-hybridized carbons (Fsp3) is 0.278. The first-order valence-electron chi connectivity index (χ1n) is 8.12. The van der Waals surface area contributed by atoms with Crippen molar-refractivity contribution >= 4 is 37.3 Å². The highest BCUT2D eigenvalue weighted by Crippen LogP contribution is 2.23. The smallest absolute Gasteiger partial charge is 0.302 e. The summed E-state index contributed by atoms with van der Waals surface area (Å²) in [5.41, 5.74) is 2.45. The van der Waals surface area contributed by atoms with Crippen LogP contribution in [0.1, 0.15) is 25.3 Å². The van der Waals surface area contributed by atoms with Crippen LogP contribution in [0.2, 0.25) is 0 Å². The second-order valence-corrected chi connectivity index (χ2v) is 8.64. The number of benzene rings is 2. The van der Waals surface area contributed by atoms with Gasteiger partial charge < -0.3 is 4.57 Å². The van der Waals surface area contributed by atoms with Crippen LogP contribution >= 0.6 is 11.3 Å². The van der Waals surface area contributed by atoms with Crippen molar-refractivity contribution in [2.75, 3.05) is 4.72 Å². The van der Waals surface area contributed by atoms with E-state index in [0.717, 1.165) is 36.1 Å². The van der Waals surface area contributed by atoms with Crippen LogP contribution in [0, 0.1) is 0 Å². The Morgan fingerprint density at radius 3 is 2.52 bits per heavy atom. The van der Waals surface area contributed by atoms with Gasteiger partial charge in [0.05, 0.1) is 15.1 Å². The summed E-state index contributed by atoms with van der Waals surface area (Å²) in [5.74, 6) is 0. The molecule has 0 bridgehead atoms. The van der Waals surface area contributed by atoms with Gasteiger partial charge in [-0.3, -0.25) is 9.52 Å². The maximum absolute atomic E-state index is 12.6. The first-order chi connectivity index (χ1) is 11.9. The number of unbranched alkanes of at least 4 members (excludes halogenated alkanes) is 1. The minimum absolute atomic E-state index is 0.111. The van der Waals surface area contributed by atoms with E-state index in [1.807, 2.05) is 12.1 Å². The van der Waals surface area contributed by atoms with E-state index in [2.05, 4.69) is 11.6 Å². The molecule has 0 radical (unpaired) electrons. The molecule has 0 atom stereocenters. The number of hydrogen-bond donors (Lipinski definition) is 1. The highest BCUT2D eigenvalue weighted by Gasteiger charge is 2.16. The highest BCUT2D eigenvalue weighted by atomic mass is 32.2. The monoisotopic (exact) mass is 376 g/mol. The molecule has 1 aromatic heterocycles. The van der Waals surface area contributed by atoms with Crippen LogP contribution in [-0.4, -0.2) is 13.0 Å². The number of rotatable bonds is 6. The average Bonchev–Trinajstić information content (AvgIpc) is 2.88. The fourth-order valence-corrected chi connectivity index (χ4v) is 4.69. The minimum atomic E-state index is -3.69. The first-order valence-corrected chi connectivity index (χ1v) is 10.4. The molecule has 0 unspecified atom stereocenters. The number of nitrogens with one attached hydrogen (secondary N) is 1. The van der Waals surface area contributed by atoms with E-state index in [0.29, 0.717) is 10.4 Å². The highest BCUT2D eigenvalue weighted by molar-refractivity contribution is 7.92. The van der Waals surface area contributed by atoms with Crippen molar-refractivity contribution in [3.05, 3.63) is 57.7 Å². The summed E-state index contributed by atoms with van der Waals surface area (Å²) in [5, 5.41) is 0. The van der Waals surface area contributed by atoms with E-state index >= 15 is 0 Å². The van der Waals surface area contributed by atoms with Crippen molar-refractivity contribution in [3.8, 4) is 0 Å². The largest absolute Gasteiger partial charge is 0.307 e. The molecule has 5 nitrogen and oxygen atoms in total. The summed E-state index contributed by atoms with van der Waals surface area (Å²) in [6, 6.07) is 12.2. The Morgan fingerprint density at radius 1 is 1.12 bits per heavy atom. The molecule has 132 valence electrons. The third-order valence-corrected chi connectivity index (χ3v) is 6.47. The van der Waals surface area contributed by atoms with Crippen LogP contribution < -0.4 is 9.60 Å². The molecule has 0 aliphatic heterocycles. The van der Waals surface area contributed by atoms with E-state index in [4.69, 9.17) is 0 Å². The van der Waals surface area contributed by atoms with Gasteiger partial charge in [-0.05, 0) is 48.7 Å². The molecule has 0 spiro atoms. The fourth-order valence-electron chi connectivity index (χ4n) is 2.62. The lowest BCUT2D eigenvalue weighted by Gasteiger charge is -2.09.